The first-order valence-electron chi connectivity index (χ1n) is 9.69. The molecule has 4 rings (SSSR count). The molecule has 0 aliphatic carbocycles. The van der Waals surface area contributed by atoms with Crippen LogP contribution in [0.2, 0.25) is 0 Å². The summed E-state index contributed by atoms with van der Waals surface area (Å²) in [4.78, 5) is 0. The van der Waals surface area contributed by atoms with Gasteiger partial charge in [-0.1, -0.05) is 62.2 Å². The summed E-state index contributed by atoms with van der Waals surface area (Å²) in [6, 6.07) is 19.5. The second-order valence-corrected chi connectivity index (χ2v) is 7.09. The third-order valence-electron chi connectivity index (χ3n) is 5.20. The number of ether oxygens (including phenoxy) is 2. The average Bonchev–Trinajstić information content (AvgIpc) is 2.68. The van der Waals surface area contributed by atoms with Gasteiger partial charge < -0.3 is 9.47 Å². The minimum Gasteiger partial charge on any atom is -0.491 e. The lowest BCUT2D eigenvalue weighted by Gasteiger charge is -2.16. The van der Waals surface area contributed by atoms with Crippen LogP contribution in [0.5, 0.6) is 5.75 Å². The molecule has 0 amide bonds. The van der Waals surface area contributed by atoms with Gasteiger partial charge in [-0.2, -0.15) is 0 Å². The molecule has 0 N–H and O–H groups in total. The lowest BCUT2D eigenvalue weighted by Crippen LogP contribution is -2.14. The van der Waals surface area contributed by atoms with Gasteiger partial charge in [0.1, 0.15) is 12.4 Å². The fourth-order valence-electron chi connectivity index (χ4n) is 3.81. The van der Waals surface area contributed by atoms with Crippen LogP contribution in [0.4, 0.5) is 0 Å². The van der Waals surface area contributed by atoms with E-state index in [1.807, 2.05) is 0 Å². The van der Waals surface area contributed by atoms with Crippen LogP contribution in [0, 0.1) is 0 Å². The van der Waals surface area contributed by atoms with E-state index in [-0.39, 0.29) is 0 Å². The van der Waals surface area contributed by atoms with Gasteiger partial charge >= 0.3 is 0 Å². The van der Waals surface area contributed by atoms with Crippen molar-refractivity contribution in [2.75, 3.05) is 13.2 Å². The smallest absolute Gasteiger partial charge is 0.127 e. The molecular weight excluding hydrogens is 320 g/mol. The van der Waals surface area contributed by atoms with Crippen LogP contribution in [-0.4, -0.2) is 19.3 Å². The largest absolute Gasteiger partial charge is 0.491 e. The lowest BCUT2D eigenvalue weighted by molar-refractivity contribution is 0.0390. The Morgan fingerprint density at radius 1 is 0.808 bits per heavy atom. The van der Waals surface area contributed by atoms with Crippen molar-refractivity contribution in [2.45, 2.75) is 39.2 Å². The Morgan fingerprint density at radius 2 is 1.50 bits per heavy atom. The van der Waals surface area contributed by atoms with Crippen LogP contribution in [0.25, 0.3) is 32.3 Å². The van der Waals surface area contributed by atoms with Crippen molar-refractivity contribution in [1.29, 1.82) is 0 Å². The summed E-state index contributed by atoms with van der Waals surface area (Å²) in [6.07, 6.45) is 3.86. The Labute approximate surface area is 155 Å². The van der Waals surface area contributed by atoms with E-state index in [1.165, 1.54) is 45.2 Å². The van der Waals surface area contributed by atoms with Crippen LogP contribution in [0.3, 0.4) is 0 Å². The van der Waals surface area contributed by atoms with E-state index in [9.17, 15) is 0 Å². The molecule has 4 aromatic carbocycles. The van der Waals surface area contributed by atoms with Crippen LogP contribution in [0.1, 0.15) is 33.1 Å². The maximum Gasteiger partial charge on any atom is 0.127 e. The Balaban J connectivity index is 1.56. The first-order valence-corrected chi connectivity index (χ1v) is 9.69. The van der Waals surface area contributed by atoms with Gasteiger partial charge in [0.25, 0.3) is 0 Å². The highest BCUT2D eigenvalue weighted by Crippen LogP contribution is 2.38. The quantitative estimate of drug-likeness (QED) is 0.266. The van der Waals surface area contributed by atoms with Crippen molar-refractivity contribution in [1.82, 2.24) is 0 Å². The van der Waals surface area contributed by atoms with Gasteiger partial charge in [-0.05, 0) is 47.0 Å². The Kier molecular flexibility index (Phi) is 4.94. The number of hydrogen-bond donors (Lipinski definition) is 0. The first-order chi connectivity index (χ1) is 12.8. The maximum absolute atomic E-state index is 6.09. The molecule has 2 heteroatoms. The maximum atomic E-state index is 6.09. The SMILES string of the molecule is CCCCC(C)OCCOc1ccc2ccc3cccc4ccc1c2c34. The molecule has 0 aliphatic heterocycles. The fourth-order valence-corrected chi connectivity index (χ4v) is 3.81. The van der Waals surface area contributed by atoms with E-state index in [0.29, 0.717) is 19.3 Å². The molecule has 0 spiro atoms. The van der Waals surface area contributed by atoms with Crippen LogP contribution in [-0.2, 0) is 4.74 Å². The van der Waals surface area contributed by atoms with Crippen molar-refractivity contribution < 1.29 is 9.47 Å². The van der Waals surface area contributed by atoms with Gasteiger partial charge in [0.2, 0.25) is 0 Å². The number of hydrogen-bond acceptors (Lipinski definition) is 2. The lowest BCUT2D eigenvalue weighted by atomic mass is 9.94. The van der Waals surface area contributed by atoms with Gasteiger partial charge in [0.15, 0.2) is 0 Å². The molecule has 0 bridgehead atoms. The number of unbranched alkanes of at least 4 members (excludes halogenated alkanes) is 1. The van der Waals surface area contributed by atoms with Crippen LogP contribution >= 0.6 is 0 Å². The zero-order chi connectivity index (χ0) is 17.9. The standard InChI is InChI=1S/C24H26O2/c1-3-4-6-17(2)25-15-16-26-22-14-12-20-10-9-18-7-5-8-19-11-13-21(22)24(20)23(18)19/h5,7-14,17H,3-4,6,15-16H2,1-2H3. The van der Waals surface area contributed by atoms with Crippen LogP contribution in [0.15, 0.2) is 54.6 Å². The predicted molar refractivity (Wildman–Crippen MR) is 111 cm³/mol. The van der Waals surface area contributed by atoms with E-state index in [1.54, 1.807) is 0 Å². The monoisotopic (exact) mass is 346 g/mol. The molecule has 0 fully saturated rings. The minimum atomic E-state index is 0.305. The highest BCUT2D eigenvalue weighted by molar-refractivity contribution is 6.24. The third kappa shape index (κ3) is 3.22. The fraction of sp³-hybridized carbons (Fsp3) is 0.333. The first kappa shape index (κ1) is 17.1. The van der Waals surface area contributed by atoms with E-state index in [2.05, 4.69) is 68.4 Å². The Morgan fingerprint density at radius 3 is 2.27 bits per heavy atom. The van der Waals surface area contributed by atoms with Crippen molar-refractivity contribution >= 4 is 32.3 Å². The third-order valence-corrected chi connectivity index (χ3v) is 5.20. The van der Waals surface area contributed by atoms with E-state index < -0.39 is 0 Å². The highest BCUT2D eigenvalue weighted by Gasteiger charge is 2.11. The molecule has 0 saturated heterocycles. The normalized spacial score (nSPS) is 13.0. The molecular formula is C24H26O2. The topological polar surface area (TPSA) is 18.5 Å². The molecule has 0 aromatic heterocycles. The van der Waals surface area contributed by atoms with E-state index in [4.69, 9.17) is 9.47 Å². The van der Waals surface area contributed by atoms with E-state index >= 15 is 0 Å². The zero-order valence-corrected chi connectivity index (χ0v) is 15.6. The van der Waals surface area contributed by atoms with Gasteiger partial charge in [0, 0.05) is 10.8 Å². The molecule has 2 nitrogen and oxygen atoms in total. The van der Waals surface area contributed by atoms with Crippen molar-refractivity contribution in [2.24, 2.45) is 0 Å². The molecule has 4 aromatic rings. The predicted octanol–water partition coefficient (Wildman–Crippen LogP) is 6.56. The molecule has 0 aliphatic rings. The van der Waals surface area contributed by atoms with Crippen molar-refractivity contribution in [3.8, 4) is 5.75 Å². The number of benzene rings is 4. The summed E-state index contributed by atoms with van der Waals surface area (Å²) in [5.74, 6) is 0.945. The molecule has 1 atom stereocenters. The zero-order valence-electron chi connectivity index (χ0n) is 15.6. The number of rotatable bonds is 8. The molecule has 0 radical (unpaired) electrons. The molecule has 26 heavy (non-hydrogen) atoms. The highest BCUT2D eigenvalue weighted by atomic mass is 16.5. The van der Waals surface area contributed by atoms with Crippen molar-refractivity contribution in [3.63, 3.8) is 0 Å². The summed E-state index contributed by atoms with van der Waals surface area (Å²) in [7, 11) is 0. The van der Waals surface area contributed by atoms with Gasteiger partial charge in [0.05, 0.1) is 12.7 Å². The second-order valence-electron chi connectivity index (χ2n) is 7.09. The Bertz CT molecular complexity index is 989. The van der Waals surface area contributed by atoms with Crippen LogP contribution < -0.4 is 4.74 Å². The summed E-state index contributed by atoms with van der Waals surface area (Å²) in [6.45, 7) is 5.57. The van der Waals surface area contributed by atoms with E-state index in [0.717, 1.165) is 12.2 Å². The summed E-state index contributed by atoms with van der Waals surface area (Å²) in [5, 5.41) is 7.65. The summed E-state index contributed by atoms with van der Waals surface area (Å²) < 4.78 is 12.0. The van der Waals surface area contributed by atoms with Gasteiger partial charge in [-0.3, -0.25) is 0 Å². The summed E-state index contributed by atoms with van der Waals surface area (Å²) in [5.41, 5.74) is 0. The minimum absolute atomic E-state index is 0.305. The average molecular weight is 346 g/mol. The summed E-state index contributed by atoms with van der Waals surface area (Å²) >= 11 is 0. The Hall–Kier alpha value is -2.32. The second kappa shape index (κ2) is 7.51. The van der Waals surface area contributed by atoms with Gasteiger partial charge in [-0.15, -0.1) is 0 Å². The molecule has 134 valence electrons. The van der Waals surface area contributed by atoms with Gasteiger partial charge in [-0.25, -0.2) is 0 Å². The van der Waals surface area contributed by atoms with Crippen molar-refractivity contribution in [3.05, 3.63) is 54.6 Å². The molecule has 0 saturated carbocycles. The molecule has 0 heterocycles. The molecule has 1 unspecified atom stereocenters.